The van der Waals surface area contributed by atoms with Crippen LogP contribution in [0.1, 0.15) is 33.4 Å². The maximum Gasteiger partial charge on any atom is 0.255 e. The average molecular weight is 329 g/mol. The largest absolute Gasteiger partial charge is 0.338 e. The lowest BCUT2D eigenvalue weighted by Gasteiger charge is -2.19. The van der Waals surface area contributed by atoms with Crippen LogP contribution < -0.4 is 5.73 Å². The van der Waals surface area contributed by atoms with Crippen LogP contribution >= 0.6 is 0 Å². The number of hydrogen-bond acceptors (Lipinski definition) is 3. The lowest BCUT2D eigenvalue weighted by atomic mass is 9.95. The summed E-state index contributed by atoms with van der Waals surface area (Å²) < 4.78 is 0. The van der Waals surface area contributed by atoms with Crippen molar-refractivity contribution >= 4 is 16.8 Å². The minimum absolute atomic E-state index is 0.0220. The lowest BCUT2D eigenvalue weighted by molar-refractivity contribution is 0.0783. The van der Waals surface area contributed by atoms with Gasteiger partial charge in [-0.3, -0.25) is 9.78 Å². The molecule has 1 amide bonds. The second kappa shape index (κ2) is 5.39. The topological polar surface area (TPSA) is 59.2 Å². The normalized spacial score (nSPS) is 24.4. The van der Waals surface area contributed by atoms with E-state index < -0.39 is 0 Å². The molecule has 3 atom stereocenters. The molecule has 0 saturated carbocycles. The van der Waals surface area contributed by atoms with E-state index in [2.05, 4.69) is 23.2 Å². The number of nitrogens with zero attached hydrogens (tertiary/aromatic N) is 2. The fourth-order valence-electron chi connectivity index (χ4n) is 4.44. The number of aromatic nitrogens is 1. The van der Waals surface area contributed by atoms with Crippen molar-refractivity contribution < 1.29 is 4.79 Å². The Bertz CT molecular complexity index is 984. The Morgan fingerprint density at radius 2 is 1.80 bits per heavy atom. The van der Waals surface area contributed by atoms with Crippen LogP contribution in [-0.2, 0) is 0 Å². The zero-order valence-electron chi connectivity index (χ0n) is 13.8. The van der Waals surface area contributed by atoms with Crippen LogP contribution in [0.15, 0.2) is 60.8 Å². The number of hydrogen-bond donors (Lipinski definition) is 1. The molecule has 1 saturated heterocycles. The molecule has 0 unspecified atom stereocenters. The second-order valence-corrected chi connectivity index (χ2v) is 7.05. The van der Waals surface area contributed by atoms with Crippen molar-refractivity contribution in [1.29, 1.82) is 0 Å². The average Bonchev–Trinajstić information content (AvgIpc) is 3.21. The molecule has 2 aromatic carbocycles. The number of fused-ring (bicyclic) bond motifs is 4. The van der Waals surface area contributed by atoms with Gasteiger partial charge in [0.15, 0.2) is 0 Å². The van der Waals surface area contributed by atoms with E-state index in [1.807, 2.05) is 41.3 Å². The summed E-state index contributed by atoms with van der Waals surface area (Å²) in [4.78, 5) is 19.4. The quantitative estimate of drug-likeness (QED) is 0.746. The standard InChI is InChI=1S/C21H19N3O/c22-20-16-7-3-2-6-15(16)17-11-24(12-18(17)20)21(25)14-9-13-5-1-4-8-19(13)23-10-14/h1-10,17-18,20H,11-12,22H2/t17-,18-,20-/m0/s1. The van der Waals surface area contributed by atoms with Crippen LogP contribution in [0.25, 0.3) is 10.9 Å². The number of carbonyl (C=O) groups is 1. The number of rotatable bonds is 1. The molecule has 25 heavy (non-hydrogen) atoms. The van der Waals surface area contributed by atoms with Gasteiger partial charge in [-0.25, -0.2) is 0 Å². The van der Waals surface area contributed by atoms with Gasteiger partial charge in [-0.15, -0.1) is 0 Å². The first-order chi connectivity index (χ1) is 12.2. The highest BCUT2D eigenvalue weighted by Gasteiger charge is 2.45. The van der Waals surface area contributed by atoms with Gasteiger partial charge in [-0.2, -0.15) is 0 Å². The van der Waals surface area contributed by atoms with E-state index in [9.17, 15) is 4.79 Å². The number of benzene rings is 2. The summed E-state index contributed by atoms with van der Waals surface area (Å²) in [5, 5.41) is 0.995. The molecule has 2 N–H and O–H groups in total. The van der Waals surface area contributed by atoms with E-state index >= 15 is 0 Å². The fraction of sp³-hybridized carbons (Fsp3) is 0.238. The van der Waals surface area contributed by atoms with Gasteiger partial charge in [0.2, 0.25) is 0 Å². The van der Waals surface area contributed by atoms with Gasteiger partial charge in [-0.1, -0.05) is 42.5 Å². The molecule has 4 nitrogen and oxygen atoms in total. The van der Waals surface area contributed by atoms with E-state index in [0.29, 0.717) is 23.9 Å². The minimum Gasteiger partial charge on any atom is -0.338 e. The van der Waals surface area contributed by atoms with Crippen molar-refractivity contribution in [2.75, 3.05) is 13.1 Å². The number of nitrogens with two attached hydrogens (primary N) is 1. The maximum absolute atomic E-state index is 13.0. The Balaban J connectivity index is 1.44. The highest BCUT2D eigenvalue weighted by Crippen LogP contribution is 2.48. The summed E-state index contributed by atoms with van der Waals surface area (Å²) >= 11 is 0. The Morgan fingerprint density at radius 1 is 1.04 bits per heavy atom. The fourth-order valence-corrected chi connectivity index (χ4v) is 4.44. The van der Waals surface area contributed by atoms with Crippen LogP contribution in [0.2, 0.25) is 0 Å². The third-order valence-electron chi connectivity index (χ3n) is 5.71. The van der Waals surface area contributed by atoms with Gasteiger partial charge in [0.1, 0.15) is 0 Å². The lowest BCUT2D eigenvalue weighted by Crippen LogP contribution is -2.31. The molecule has 1 fully saturated rings. The summed E-state index contributed by atoms with van der Waals surface area (Å²) in [6.45, 7) is 1.45. The van der Waals surface area contributed by atoms with Crippen LogP contribution in [0.3, 0.4) is 0 Å². The van der Waals surface area contributed by atoms with Gasteiger partial charge < -0.3 is 10.6 Å². The molecule has 2 heterocycles. The smallest absolute Gasteiger partial charge is 0.255 e. The van der Waals surface area contributed by atoms with Gasteiger partial charge in [0.25, 0.3) is 5.91 Å². The van der Waals surface area contributed by atoms with E-state index in [4.69, 9.17) is 5.73 Å². The molecular formula is C21H19N3O. The number of para-hydroxylation sites is 1. The molecule has 0 bridgehead atoms. The summed E-state index contributed by atoms with van der Waals surface area (Å²) in [5.74, 6) is 0.718. The summed E-state index contributed by atoms with van der Waals surface area (Å²) in [6.07, 6.45) is 1.69. The maximum atomic E-state index is 13.0. The van der Waals surface area contributed by atoms with E-state index in [1.54, 1.807) is 6.20 Å². The van der Waals surface area contributed by atoms with Crippen molar-refractivity contribution in [3.05, 3.63) is 77.5 Å². The van der Waals surface area contributed by atoms with E-state index in [1.165, 1.54) is 11.1 Å². The van der Waals surface area contributed by atoms with Crippen molar-refractivity contribution in [3.63, 3.8) is 0 Å². The zero-order valence-corrected chi connectivity index (χ0v) is 13.8. The van der Waals surface area contributed by atoms with E-state index in [-0.39, 0.29) is 11.9 Å². The predicted octanol–water partition coefficient (Wildman–Crippen LogP) is 3.10. The summed E-state index contributed by atoms with van der Waals surface area (Å²) in [6, 6.07) is 18.2. The molecule has 0 radical (unpaired) electrons. The van der Waals surface area contributed by atoms with Gasteiger partial charge >= 0.3 is 0 Å². The highest BCUT2D eigenvalue weighted by molar-refractivity contribution is 5.97. The molecule has 4 heteroatoms. The van der Waals surface area contributed by atoms with Crippen molar-refractivity contribution in [1.82, 2.24) is 9.88 Å². The monoisotopic (exact) mass is 329 g/mol. The van der Waals surface area contributed by atoms with Crippen LogP contribution in [0.4, 0.5) is 0 Å². The Kier molecular flexibility index (Phi) is 3.15. The molecule has 1 aliphatic carbocycles. The highest BCUT2D eigenvalue weighted by atomic mass is 16.2. The molecule has 1 aliphatic heterocycles. The molecule has 0 spiro atoms. The summed E-state index contributed by atoms with van der Waals surface area (Å²) in [5.41, 5.74) is 10.6. The Labute approximate surface area is 146 Å². The molecule has 5 rings (SSSR count). The first-order valence-corrected chi connectivity index (χ1v) is 8.71. The molecule has 2 aliphatic rings. The van der Waals surface area contributed by atoms with Crippen molar-refractivity contribution in [2.45, 2.75) is 12.0 Å². The Morgan fingerprint density at radius 3 is 2.68 bits per heavy atom. The zero-order chi connectivity index (χ0) is 17.0. The number of amides is 1. The Hall–Kier alpha value is -2.72. The van der Waals surface area contributed by atoms with Crippen molar-refractivity contribution in [2.24, 2.45) is 11.7 Å². The van der Waals surface area contributed by atoms with Gasteiger partial charge in [-0.05, 0) is 23.3 Å². The van der Waals surface area contributed by atoms with Crippen LogP contribution in [-0.4, -0.2) is 28.9 Å². The number of carbonyl (C=O) groups excluding carboxylic acids is 1. The SMILES string of the molecule is N[C@H]1c2ccccc2[C@@H]2CN(C(=O)c3cnc4ccccc4c3)C[C@H]12. The first-order valence-electron chi connectivity index (χ1n) is 8.71. The molecular weight excluding hydrogens is 310 g/mol. The number of pyridine rings is 1. The first kappa shape index (κ1) is 14.6. The van der Waals surface area contributed by atoms with Gasteiger partial charge in [0, 0.05) is 42.6 Å². The van der Waals surface area contributed by atoms with Crippen LogP contribution in [0.5, 0.6) is 0 Å². The molecule has 1 aromatic heterocycles. The predicted molar refractivity (Wildman–Crippen MR) is 97.2 cm³/mol. The minimum atomic E-state index is 0.0220. The number of likely N-dealkylation sites (tertiary alicyclic amines) is 1. The van der Waals surface area contributed by atoms with E-state index in [0.717, 1.165) is 17.4 Å². The van der Waals surface area contributed by atoms with Gasteiger partial charge in [0.05, 0.1) is 11.1 Å². The third kappa shape index (κ3) is 2.18. The second-order valence-electron chi connectivity index (χ2n) is 7.05. The summed E-state index contributed by atoms with van der Waals surface area (Å²) in [7, 11) is 0. The molecule has 3 aromatic rings. The van der Waals surface area contributed by atoms with Crippen molar-refractivity contribution in [3.8, 4) is 0 Å². The molecule has 124 valence electrons. The third-order valence-corrected chi connectivity index (χ3v) is 5.71. The van der Waals surface area contributed by atoms with Crippen LogP contribution in [0, 0.1) is 5.92 Å².